The third-order valence-corrected chi connectivity index (χ3v) is 6.24. The minimum atomic E-state index is -3.92. The van der Waals surface area contributed by atoms with Crippen molar-refractivity contribution in [2.75, 3.05) is 18.9 Å². The number of sulfonamides is 1. The molecule has 7 nitrogen and oxygen atoms in total. The van der Waals surface area contributed by atoms with Gasteiger partial charge < -0.3 is 9.47 Å². The Balaban J connectivity index is 2.01. The molecule has 142 valence electrons. The summed E-state index contributed by atoms with van der Waals surface area (Å²) >= 11 is 1.05. The van der Waals surface area contributed by atoms with E-state index >= 15 is 0 Å². The lowest BCUT2D eigenvalue weighted by atomic mass is 10.3. The van der Waals surface area contributed by atoms with E-state index in [0.29, 0.717) is 22.7 Å². The van der Waals surface area contributed by atoms with Crippen molar-refractivity contribution in [2.24, 2.45) is 0 Å². The second-order valence-corrected chi connectivity index (χ2v) is 8.22. The van der Waals surface area contributed by atoms with E-state index in [2.05, 4.69) is 11.3 Å². The van der Waals surface area contributed by atoms with Crippen LogP contribution in [0.3, 0.4) is 0 Å². The Morgan fingerprint density at radius 3 is 2.63 bits per heavy atom. The van der Waals surface area contributed by atoms with Crippen LogP contribution in [-0.2, 0) is 16.6 Å². The van der Waals surface area contributed by atoms with Gasteiger partial charge in [0.2, 0.25) is 0 Å². The molecule has 0 unspecified atom stereocenters. The number of thiazole rings is 1. The number of aromatic nitrogens is 1. The van der Waals surface area contributed by atoms with Crippen LogP contribution in [0.25, 0.3) is 10.2 Å². The van der Waals surface area contributed by atoms with E-state index in [0.717, 1.165) is 16.9 Å². The lowest BCUT2D eigenvalue weighted by Crippen LogP contribution is -2.14. The maximum atomic E-state index is 12.8. The summed E-state index contributed by atoms with van der Waals surface area (Å²) in [5.74, 6) is 0.595. The quantitative estimate of drug-likeness (QED) is 0.610. The molecule has 1 aromatic heterocycles. The van der Waals surface area contributed by atoms with E-state index in [9.17, 15) is 13.2 Å². The number of fused-ring (bicyclic) bond motifs is 1. The van der Waals surface area contributed by atoms with Crippen molar-refractivity contribution in [1.82, 2.24) is 4.57 Å². The summed E-state index contributed by atoms with van der Waals surface area (Å²) in [7, 11) is -1.07. The number of rotatable bonds is 7. The lowest BCUT2D eigenvalue weighted by Gasteiger charge is -2.13. The first-order chi connectivity index (χ1) is 12.9. The Kier molecular flexibility index (Phi) is 5.24. The first-order valence-corrected chi connectivity index (χ1v) is 10.2. The molecule has 0 saturated heterocycles. The summed E-state index contributed by atoms with van der Waals surface area (Å²) < 4.78 is 40.7. The number of ether oxygens (including phenoxy) is 2. The van der Waals surface area contributed by atoms with Gasteiger partial charge >= 0.3 is 4.87 Å². The zero-order valence-corrected chi connectivity index (χ0v) is 16.4. The van der Waals surface area contributed by atoms with Crippen molar-refractivity contribution >= 4 is 37.3 Å². The van der Waals surface area contributed by atoms with Crippen LogP contribution in [0.1, 0.15) is 0 Å². The highest BCUT2D eigenvalue weighted by Crippen LogP contribution is 2.30. The van der Waals surface area contributed by atoms with Gasteiger partial charge in [-0.15, -0.1) is 6.58 Å². The molecule has 2 aromatic carbocycles. The molecule has 0 atom stereocenters. The fourth-order valence-corrected chi connectivity index (χ4v) is 4.81. The number of allylic oxidation sites excluding steroid dienone is 1. The SMILES string of the molecule is C=CCn1c(=O)sc2cc(NS(=O)(=O)c3cc(OC)ccc3OC)ccc21. The van der Waals surface area contributed by atoms with Gasteiger partial charge in [0.1, 0.15) is 16.4 Å². The number of benzene rings is 2. The molecular weight excluding hydrogens is 388 g/mol. The Bertz CT molecular complexity index is 1160. The average Bonchev–Trinajstić information content (AvgIpc) is 2.96. The minimum absolute atomic E-state index is 0.0399. The maximum absolute atomic E-state index is 12.8. The molecule has 0 aliphatic rings. The number of hydrogen-bond donors (Lipinski definition) is 1. The first kappa shape index (κ1) is 19.0. The molecule has 0 aliphatic heterocycles. The van der Waals surface area contributed by atoms with Crippen LogP contribution in [0.4, 0.5) is 5.69 Å². The third-order valence-electron chi connectivity index (χ3n) is 3.89. The van der Waals surface area contributed by atoms with Crippen molar-refractivity contribution in [1.29, 1.82) is 0 Å². The Morgan fingerprint density at radius 1 is 1.19 bits per heavy atom. The molecule has 0 aliphatic carbocycles. The summed E-state index contributed by atoms with van der Waals surface area (Å²) in [6.45, 7) is 4.04. The second kappa shape index (κ2) is 7.45. The van der Waals surface area contributed by atoms with Gasteiger partial charge in [-0.3, -0.25) is 14.1 Å². The van der Waals surface area contributed by atoms with Crippen molar-refractivity contribution in [2.45, 2.75) is 11.4 Å². The lowest BCUT2D eigenvalue weighted by molar-refractivity contribution is 0.392. The van der Waals surface area contributed by atoms with Crippen LogP contribution in [0.2, 0.25) is 0 Å². The van der Waals surface area contributed by atoms with Crippen molar-refractivity contribution in [3.8, 4) is 11.5 Å². The molecular formula is C18H18N2O5S2. The smallest absolute Gasteiger partial charge is 0.308 e. The second-order valence-electron chi connectivity index (χ2n) is 5.57. The Morgan fingerprint density at radius 2 is 1.96 bits per heavy atom. The predicted octanol–water partition coefficient (Wildman–Crippen LogP) is 3.07. The van der Waals surface area contributed by atoms with E-state index < -0.39 is 10.0 Å². The minimum Gasteiger partial charge on any atom is -0.497 e. The standard InChI is InChI=1S/C18H18N2O5S2/c1-4-9-20-14-7-5-12(10-16(14)26-18(20)21)19-27(22,23)17-11-13(24-2)6-8-15(17)25-3/h4-8,10-11,19H,1,9H2,2-3H3. The van der Waals surface area contributed by atoms with Crippen LogP contribution in [0, 0.1) is 0 Å². The Hall–Kier alpha value is -2.78. The van der Waals surface area contributed by atoms with Gasteiger partial charge in [-0.1, -0.05) is 17.4 Å². The fraction of sp³-hybridized carbons (Fsp3) is 0.167. The molecule has 3 rings (SSSR count). The monoisotopic (exact) mass is 406 g/mol. The topological polar surface area (TPSA) is 86.6 Å². The van der Waals surface area contributed by atoms with E-state index in [1.807, 2.05) is 0 Å². The summed E-state index contributed by atoms with van der Waals surface area (Å²) in [5.41, 5.74) is 1.08. The van der Waals surface area contributed by atoms with Crippen molar-refractivity contribution in [3.05, 3.63) is 58.7 Å². The highest BCUT2D eigenvalue weighted by atomic mass is 32.2. The molecule has 1 heterocycles. The van der Waals surface area contributed by atoms with Gasteiger partial charge in [0.15, 0.2) is 0 Å². The summed E-state index contributed by atoms with van der Waals surface area (Å²) in [5, 5.41) is 0. The van der Waals surface area contributed by atoms with E-state index in [1.165, 1.54) is 26.4 Å². The number of hydrogen-bond acceptors (Lipinski definition) is 6. The summed E-state index contributed by atoms with van der Waals surface area (Å²) in [6, 6.07) is 9.47. The number of methoxy groups -OCH3 is 2. The molecule has 9 heteroatoms. The van der Waals surface area contributed by atoms with Crippen LogP contribution in [0.15, 0.2) is 58.7 Å². The molecule has 0 bridgehead atoms. The van der Waals surface area contributed by atoms with Gasteiger partial charge in [0, 0.05) is 12.6 Å². The predicted molar refractivity (Wildman–Crippen MR) is 107 cm³/mol. The number of anilines is 1. The van der Waals surface area contributed by atoms with E-state index in [1.54, 1.807) is 34.9 Å². The van der Waals surface area contributed by atoms with Gasteiger partial charge in [-0.25, -0.2) is 8.42 Å². The zero-order chi connectivity index (χ0) is 19.6. The van der Waals surface area contributed by atoms with E-state index in [-0.39, 0.29) is 15.5 Å². The largest absolute Gasteiger partial charge is 0.497 e. The van der Waals surface area contributed by atoms with Gasteiger partial charge in [0.25, 0.3) is 10.0 Å². The van der Waals surface area contributed by atoms with Crippen LogP contribution in [0.5, 0.6) is 11.5 Å². The summed E-state index contributed by atoms with van der Waals surface area (Å²) in [4.78, 5) is 11.9. The Labute approximate surface area is 160 Å². The van der Waals surface area contributed by atoms with E-state index in [4.69, 9.17) is 9.47 Å². The molecule has 1 N–H and O–H groups in total. The van der Waals surface area contributed by atoms with Gasteiger partial charge in [-0.05, 0) is 30.3 Å². The van der Waals surface area contributed by atoms with Crippen LogP contribution >= 0.6 is 11.3 Å². The fourth-order valence-electron chi connectivity index (χ4n) is 2.64. The highest BCUT2D eigenvalue weighted by molar-refractivity contribution is 7.92. The van der Waals surface area contributed by atoms with Crippen molar-refractivity contribution < 1.29 is 17.9 Å². The number of nitrogens with one attached hydrogen (secondary N) is 1. The molecule has 0 amide bonds. The molecule has 3 aromatic rings. The zero-order valence-electron chi connectivity index (χ0n) is 14.8. The molecule has 0 fully saturated rings. The first-order valence-electron chi connectivity index (χ1n) is 7.88. The normalized spacial score (nSPS) is 11.3. The van der Waals surface area contributed by atoms with Gasteiger partial charge in [-0.2, -0.15) is 0 Å². The van der Waals surface area contributed by atoms with Crippen LogP contribution < -0.4 is 19.1 Å². The molecule has 0 saturated carbocycles. The molecule has 27 heavy (non-hydrogen) atoms. The van der Waals surface area contributed by atoms with Crippen LogP contribution in [-0.4, -0.2) is 27.2 Å². The molecule has 0 radical (unpaired) electrons. The summed E-state index contributed by atoms with van der Waals surface area (Å²) in [6.07, 6.45) is 1.64. The maximum Gasteiger partial charge on any atom is 0.308 e. The van der Waals surface area contributed by atoms with Gasteiger partial charge in [0.05, 0.1) is 30.1 Å². The number of nitrogens with zero attached hydrogens (tertiary/aromatic N) is 1. The highest BCUT2D eigenvalue weighted by Gasteiger charge is 2.21. The third kappa shape index (κ3) is 3.69. The average molecular weight is 406 g/mol. The molecule has 0 spiro atoms. The van der Waals surface area contributed by atoms with Crippen molar-refractivity contribution in [3.63, 3.8) is 0 Å².